The summed E-state index contributed by atoms with van der Waals surface area (Å²) in [4.78, 5) is 21.5. The molecule has 3 N–H and O–H groups in total. The number of rotatable bonds is 5. The zero-order valence-corrected chi connectivity index (χ0v) is 10.6. The molecule has 98 valence electrons. The van der Waals surface area contributed by atoms with E-state index in [1.54, 1.807) is 19.1 Å². The molecule has 0 saturated carbocycles. The van der Waals surface area contributed by atoms with E-state index in [1.807, 2.05) is 13.8 Å². The van der Waals surface area contributed by atoms with Crippen molar-refractivity contribution in [3.05, 3.63) is 33.9 Å². The van der Waals surface area contributed by atoms with E-state index in [4.69, 9.17) is 5.73 Å². The van der Waals surface area contributed by atoms with Gasteiger partial charge in [0.05, 0.1) is 4.92 Å². The average Bonchev–Trinajstić information content (AvgIpc) is 2.24. The molecule has 1 rings (SSSR count). The SMILES string of the molecule is Cc1cc(N[C@@H](C(N)=O)C(C)C)ccc1[N+](=O)[O-]. The van der Waals surface area contributed by atoms with E-state index in [0.717, 1.165) is 0 Å². The Morgan fingerprint density at radius 2 is 2.06 bits per heavy atom. The second-order valence-corrected chi connectivity index (χ2v) is 4.53. The first-order chi connectivity index (χ1) is 8.32. The fourth-order valence-corrected chi connectivity index (χ4v) is 1.70. The molecule has 0 aliphatic heterocycles. The molecule has 0 aliphatic carbocycles. The van der Waals surface area contributed by atoms with Gasteiger partial charge in [-0.05, 0) is 25.0 Å². The monoisotopic (exact) mass is 251 g/mol. The first-order valence-electron chi connectivity index (χ1n) is 5.63. The van der Waals surface area contributed by atoms with Crippen LogP contribution >= 0.6 is 0 Å². The maximum atomic E-state index is 11.3. The summed E-state index contributed by atoms with van der Waals surface area (Å²) in [6.45, 7) is 5.40. The second-order valence-electron chi connectivity index (χ2n) is 4.53. The van der Waals surface area contributed by atoms with Gasteiger partial charge in [0.15, 0.2) is 0 Å². The Bertz CT molecular complexity index is 472. The van der Waals surface area contributed by atoms with Crippen molar-refractivity contribution < 1.29 is 9.72 Å². The minimum atomic E-state index is -0.495. The number of carbonyl (C=O) groups is 1. The summed E-state index contributed by atoms with van der Waals surface area (Å²) in [5.41, 5.74) is 6.54. The van der Waals surface area contributed by atoms with Crippen LogP contribution < -0.4 is 11.1 Å². The zero-order chi connectivity index (χ0) is 13.9. The minimum Gasteiger partial charge on any atom is -0.373 e. The molecule has 0 aromatic heterocycles. The molecule has 0 fully saturated rings. The third-order valence-electron chi connectivity index (χ3n) is 2.69. The number of hydrogen-bond acceptors (Lipinski definition) is 4. The summed E-state index contributed by atoms with van der Waals surface area (Å²) in [5, 5.41) is 13.7. The molecule has 1 atom stereocenters. The number of aryl methyl sites for hydroxylation is 1. The molecule has 0 heterocycles. The van der Waals surface area contributed by atoms with E-state index < -0.39 is 16.9 Å². The quantitative estimate of drug-likeness (QED) is 0.616. The van der Waals surface area contributed by atoms with Crippen LogP contribution in [0.1, 0.15) is 19.4 Å². The number of nitro benzene ring substituents is 1. The summed E-state index contributed by atoms with van der Waals surface area (Å²) in [6.07, 6.45) is 0. The van der Waals surface area contributed by atoms with E-state index in [0.29, 0.717) is 11.3 Å². The number of nitrogens with zero attached hydrogens (tertiary/aromatic N) is 1. The second kappa shape index (κ2) is 5.48. The molecule has 1 aromatic rings. The average molecular weight is 251 g/mol. The number of nitrogens with two attached hydrogens (primary N) is 1. The summed E-state index contributed by atoms with van der Waals surface area (Å²) in [7, 11) is 0. The third kappa shape index (κ3) is 3.19. The molecule has 1 aromatic carbocycles. The van der Waals surface area contributed by atoms with Gasteiger partial charge < -0.3 is 11.1 Å². The maximum Gasteiger partial charge on any atom is 0.272 e. The molecule has 0 unspecified atom stereocenters. The summed E-state index contributed by atoms with van der Waals surface area (Å²) < 4.78 is 0. The summed E-state index contributed by atoms with van der Waals surface area (Å²) in [6, 6.07) is 4.13. The molecule has 0 bridgehead atoms. The number of nitrogens with one attached hydrogen (secondary N) is 1. The molecular formula is C12H17N3O3. The highest BCUT2D eigenvalue weighted by atomic mass is 16.6. The van der Waals surface area contributed by atoms with Gasteiger partial charge in [-0.3, -0.25) is 14.9 Å². The normalized spacial score (nSPS) is 12.2. The van der Waals surface area contributed by atoms with Gasteiger partial charge in [-0.1, -0.05) is 13.8 Å². The van der Waals surface area contributed by atoms with Gasteiger partial charge >= 0.3 is 0 Å². The lowest BCUT2D eigenvalue weighted by Crippen LogP contribution is -2.39. The van der Waals surface area contributed by atoms with Crippen molar-refractivity contribution in [3.8, 4) is 0 Å². The summed E-state index contributed by atoms with van der Waals surface area (Å²) >= 11 is 0. The van der Waals surface area contributed by atoms with E-state index >= 15 is 0 Å². The minimum absolute atomic E-state index is 0.0398. The van der Waals surface area contributed by atoms with Crippen molar-refractivity contribution in [2.45, 2.75) is 26.8 Å². The van der Waals surface area contributed by atoms with Gasteiger partial charge in [0.1, 0.15) is 6.04 Å². The maximum absolute atomic E-state index is 11.3. The van der Waals surface area contributed by atoms with Crippen LogP contribution in [0.4, 0.5) is 11.4 Å². The standard InChI is InChI=1S/C12H17N3O3/c1-7(2)11(12(13)16)14-9-4-5-10(15(17)18)8(3)6-9/h4-7,11,14H,1-3H3,(H2,13,16)/t11-/m1/s1. The van der Waals surface area contributed by atoms with Crippen LogP contribution in [-0.2, 0) is 4.79 Å². The third-order valence-corrected chi connectivity index (χ3v) is 2.69. The van der Waals surface area contributed by atoms with Gasteiger partial charge in [-0.15, -0.1) is 0 Å². The van der Waals surface area contributed by atoms with Gasteiger partial charge in [0, 0.05) is 17.3 Å². The molecular weight excluding hydrogens is 234 g/mol. The van der Waals surface area contributed by atoms with Gasteiger partial charge in [0.2, 0.25) is 5.91 Å². The predicted molar refractivity (Wildman–Crippen MR) is 69.3 cm³/mol. The highest BCUT2D eigenvalue weighted by Gasteiger charge is 2.20. The van der Waals surface area contributed by atoms with Gasteiger partial charge in [-0.2, -0.15) is 0 Å². The van der Waals surface area contributed by atoms with Crippen LogP contribution in [0.3, 0.4) is 0 Å². The topological polar surface area (TPSA) is 98.3 Å². The van der Waals surface area contributed by atoms with Gasteiger partial charge in [0.25, 0.3) is 5.69 Å². The molecule has 0 spiro atoms. The first-order valence-corrected chi connectivity index (χ1v) is 5.63. The Morgan fingerprint density at radius 1 is 1.44 bits per heavy atom. The van der Waals surface area contributed by atoms with E-state index in [-0.39, 0.29) is 11.6 Å². The number of carbonyl (C=O) groups excluding carboxylic acids is 1. The molecule has 0 saturated heterocycles. The molecule has 6 heteroatoms. The molecule has 0 radical (unpaired) electrons. The zero-order valence-electron chi connectivity index (χ0n) is 10.6. The number of hydrogen-bond donors (Lipinski definition) is 2. The van der Waals surface area contributed by atoms with Crippen LogP contribution in [0.15, 0.2) is 18.2 Å². The van der Waals surface area contributed by atoms with Crippen molar-refractivity contribution in [2.75, 3.05) is 5.32 Å². The van der Waals surface area contributed by atoms with Crippen LogP contribution in [0, 0.1) is 23.0 Å². The van der Waals surface area contributed by atoms with Crippen molar-refractivity contribution in [2.24, 2.45) is 11.7 Å². The largest absolute Gasteiger partial charge is 0.373 e. The van der Waals surface area contributed by atoms with Crippen LogP contribution in [0.5, 0.6) is 0 Å². The number of nitro groups is 1. The fraction of sp³-hybridized carbons (Fsp3) is 0.417. The highest BCUT2D eigenvalue weighted by Crippen LogP contribution is 2.22. The molecule has 18 heavy (non-hydrogen) atoms. The molecule has 1 amide bonds. The lowest BCUT2D eigenvalue weighted by Gasteiger charge is -2.20. The Morgan fingerprint density at radius 3 is 2.44 bits per heavy atom. The lowest BCUT2D eigenvalue weighted by molar-refractivity contribution is -0.385. The smallest absolute Gasteiger partial charge is 0.272 e. The lowest BCUT2D eigenvalue weighted by atomic mass is 10.0. The van der Waals surface area contributed by atoms with E-state index in [1.165, 1.54) is 6.07 Å². The number of primary amides is 1. The van der Waals surface area contributed by atoms with Crippen LogP contribution in [0.2, 0.25) is 0 Å². The Labute approximate surface area is 105 Å². The number of amides is 1. The molecule has 6 nitrogen and oxygen atoms in total. The fourth-order valence-electron chi connectivity index (χ4n) is 1.70. The Hall–Kier alpha value is -2.11. The van der Waals surface area contributed by atoms with Crippen molar-refractivity contribution in [3.63, 3.8) is 0 Å². The number of benzene rings is 1. The first kappa shape index (κ1) is 14.0. The predicted octanol–water partition coefficient (Wildman–Crippen LogP) is 1.83. The van der Waals surface area contributed by atoms with Crippen molar-refractivity contribution in [1.82, 2.24) is 0 Å². The van der Waals surface area contributed by atoms with Crippen molar-refractivity contribution in [1.29, 1.82) is 0 Å². The van der Waals surface area contributed by atoms with Gasteiger partial charge in [-0.25, -0.2) is 0 Å². The molecule has 0 aliphatic rings. The van der Waals surface area contributed by atoms with Crippen molar-refractivity contribution >= 4 is 17.3 Å². The number of anilines is 1. The van der Waals surface area contributed by atoms with E-state index in [2.05, 4.69) is 5.32 Å². The Kier molecular flexibility index (Phi) is 4.25. The van der Waals surface area contributed by atoms with E-state index in [9.17, 15) is 14.9 Å². The Balaban J connectivity index is 2.95. The van der Waals surface area contributed by atoms with Crippen LogP contribution in [-0.4, -0.2) is 16.9 Å². The highest BCUT2D eigenvalue weighted by molar-refractivity contribution is 5.83. The van der Waals surface area contributed by atoms with Crippen LogP contribution in [0.25, 0.3) is 0 Å². The summed E-state index contributed by atoms with van der Waals surface area (Å²) in [5.74, 6) is -0.404.